The Bertz CT molecular complexity index is 677. The summed E-state index contributed by atoms with van der Waals surface area (Å²) in [5, 5.41) is 14.3. The maximum absolute atomic E-state index is 9.52. The molecule has 4 rings (SSSR count). The third kappa shape index (κ3) is 3.21. The number of piperidine rings is 2. The Kier molecular flexibility index (Phi) is 4.83. The molecule has 2 fully saturated rings. The van der Waals surface area contributed by atoms with Crippen LogP contribution in [-0.4, -0.2) is 52.8 Å². The fourth-order valence-corrected chi connectivity index (χ4v) is 4.39. The summed E-state index contributed by atoms with van der Waals surface area (Å²) in [6.45, 7) is 5.63. The lowest BCUT2D eigenvalue weighted by Gasteiger charge is -2.32. The van der Waals surface area contributed by atoms with E-state index in [4.69, 9.17) is 0 Å². The summed E-state index contributed by atoms with van der Waals surface area (Å²) in [7, 11) is 0. The molecule has 2 aromatic heterocycles. The molecule has 0 amide bonds. The molecule has 3 N–H and O–H groups in total. The quantitative estimate of drug-likeness (QED) is 0.805. The monoisotopic (exact) mass is 328 g/mol. The van der Waals surface area contributed by atoms with Gasteiger partial charge in [0, 0.05) is 42.9 Å². The first kappa shape index (κ1) is 16.1. The van der Waals surface area contributed by atoms with E-state index in [0.29, 0.717) is 18.4 Å². The summed E-state index contributed by atoms with van der Waals surface area (Å²) < 4.78 is 0. The first-order chi connectivity index (χ1) is 11.8. The van der Waals surface area contributed by atoms with Gasteiger partial charge < -0.3 is 15.4 Å². The lowest BCUT2D eigenvalue weighted by Crippen LogP contribution is -2.36. The van der Waals surface area contributed by atoms with Gasteiger partial charge in [0.1, 0.15) is 5.65 Å². The number of nitrogens with one attached hydrogen (secondary N) is 2. The number of rotatable bonds is 4. The molecule has 2 aliphatic heterocycles. The van der Waals surface area contributed by atoms with E-state index in [1.807, 2.05) is 12.3 Å². The van der Waals surface area contributed by atoms with Gasteiger partial charge in [-0.1, -0.05) is 0 Å². The summed E-state index contributed by atoms with van der Waals surface area (Å²) in [6.07, 6.45) is 6.60. The highest BCUT2D eigenvalue weighted by atomic mass is 16.3. The van der Waals surface area contributed by atoms with Crippen molar-refractivity contribution in [1.82, 2.24) is 20.2 Å². The summed E-state index contributed by atoms with van der Waals surface area (Å²) >= 11 is 0. The van der Waals surface area contributed by atoms with Crippen LogP contribution in [0.15, 0.2) is 18.3 Å². The normalized spacial score (nSPS) is 23.8. The number of hydrogen-bond donors (Lipinski definition) is 3. The number of H-pyrrole nitrogens is 1. The van der Waals surface area contributed by atoms with Crippen molar-refractivity contribution in [2.75, 3.05) is 32.8 Å². The van der Waals surface area contributed by atoms with Gasteiger partial charge in [-0.3, -0.25) is 4.90 Å². The second-order valence-corrected chi connectivity index (χ2v) is 7.37. The predicted molar refractivity (Wildman–Crippen MR) is 96.0 cm³/mol. The van der Waals surface area contributed by atoms with E-state index in [9.17, 15) is 5.11 Å². The van der Waals surface area contributed by atoms with Gasteiger partial charge >= 0.3 is 0 Å². The molecule has 0 radical (unpaired) electrons. The molecule has 2 saturated heterocycles. The van der Waals surface area contributed by atoms with Crippen LogP contribution in [0.4, 0.5) is 0 Å². The van der Waals surface area contributed by atoms with E-state index < -0.39 is 0 Å². The van der Waals surface area contributed by atoms with Gasteiger partial charge in [0.05, 0.1) is 0 Å². The van der Waals surface area contributed by atoms with Crippen molar-refractivity contribution in [3.8, 4) is 0 Å². The summed E-state index contributed by atoms with van der Waals surface area (Å²) in [6, 6.07) is 4.24. The average Bonchev–Trinajstić information content (AvgIpc) is 3.01. The van der Waals surface area contributed by atoms with Gasteiger partial charge in [0.15, 0.2) is 0 Å². The van der Waals surface area contributed by atoms with Crippen LogP contribution in [0.3, 0.4) is 0 Å². The van der Waals surface area contributed by atoms with Crippen LogP contribution in [0.2, 0.25) is 0 Å². The lowest BCUT2D eigenvalue weighted by molar-refractivity contribution is 0.116. The van der Waals surface area contributed by atoms with Crippen molar-refractivity contribution in [2.24, 2.45) is 5.92 Å². The number of aromatic nitrogens is 2. The fourth-order valence-electron chi connectivity index (χ4n) is 4.39. The van der Waals surface area contributed by atoms with E-state index in [2.05, 4.69) is 26.3 Å². The molecule has 5 nitrogen and oxygen atoms in total. The highest BCUT2D eigenvalue weighted by Crippen LogP contribution is 2.33. The minimum Gasteiger partial charge on any atom is -0.396 e. The second kappa shape index (κ2) is 7.21. The number of aliphatic hydroxyl groups is 1. The van der Waals surface area contributed by atoms with E-state index in [-0.39, 0.29) is 0 Å². The number of aromatic amines is 1. The molecule has 0 unspecified atom stereocenters. The van der Waals surface area contributed by atoms with E-state index in [1.54, 1.807) is 0 Å². The van der Waals surface area contributed by atoms with Crippen molar-refractivity contribution in [1.29, 1.82) is 0 Å². The van der Waals surface area contributed by atoms with E-state index in [1.165, 1.54) is 35.9 Å². The van der Waals surface area contributed by atoms with Gasteiger partial charge in [-0.2, -0.15) is 0 Å². The largest absolute Gasteiger partial charge is 0.396 e. The van der Waals surface area contributed by atoms with Crippen LogP contribution in [0.25, 0.3) is 11.0 Å². The van der Waals surface area contributed by atoms with E-state index in [0.717, 1.165) is 44.8 Å². The van der Waals surface area contributed by atoms with Crippen molar-refractivity contribution >= 4 is 11.0 Å². The van der Waals surface area contributed by atoms with Crippen molar-refractivity contribution in [3.63, 3.8) is 0 Å². The summed E-state index contributed by atoms with van der Waals surface area (Å²) in [5.41, 5.74) is 3.86. The standard InChI is InChI=1S/C19H28N4O/c24-13-14-3-2-10-23(11-14)12-17-16-4-1-7-21-19(16)22-18(17)15-5-8-20-9-6-15/h1,4,7,14-15,20,24H,2-3,5-6,8-13H2,(H,21,22)/t14-/m1/s1. The van der Waals surface area contributed by atoms with Crippen molar-refractivity contribution in [3.05, 3.63) is 29.6 Å². The third-order valence-corrected chi connectivity index (χ3v) is 5.70. The Morgan fingerprint density at radius 1 is 1.25 bits per heavy atom. The third-order valence-electron chi connectivity index (χ3n) is 5.70. The molecule has 0 bridgehead atoms. The number of aliphatic hydroxyl groups excluding tert-OH is 1. The maximum atomic E-state index is 9.52. The summed E-state index contributed by atoms with van der Waals surface area (Å²) in [5.74, 6) is 1.04. The van der Waals surface area contributed by atoms with E-state index >= 15 is 0 Å². The highest BCUT2D eigenvalue weighted by Gasteiger charge is 2.25. The van der Waals surface area contributed by atoms with Gasteiger partial charge in [0.2, 0.25) is 0 Å². The zero-order valence-corrected chi connectivity index (χ0v) is 14.3. The molecule has 5 heteroatoms. The second-order valence-electron chi connectivity index (χ2n) is 7.37. The summed E-state index contributed by atoms with van der Waals surface area (Å²) in [4.78, 5) is 10.7. The molecule has 130 valence electrons. The first-order valence-corrected chi connectivity index (χ1v) is 9.34. The van der Waals surface area contributed by atoms with Crippen LogP contribution in [0, 0.1) is 5.92 Å². The van der Waals surface area contributed by atoms with Crippen LogP contribution in [0.1, 0.15) is 42.9 Å². The molecule has 2 aromatic rings. The Hall–Kier alpha value is -1.43. The molecule has 4 heterocycles. The number of nitrogens with zero attached hydrogens (tertiary/aromatic N) is 2. The van der Waals surface area contributed by atoms with Gasteiger partial charge in [-0.05, 0) is 68.9 Å². The molecule has 1 atom stereocenters. The van der Waals surface area contributed by atoms with Gasteiger partial charge in [-0.25, -0.2) is 4.98 Å². The zero-order chi connectivity index (χ0) is 16.4. The molecule has 0 aromatic carbocycles. The Morgan fingerprint density at radius 2 is 2.12 bits per heavy atom. The Morgan fingerprint density at radius 3 is 2.96 bits per heavy atom. The average molecular weight is 328 g/mol. The zero-order valence-electron chi connectivity index (χ0n) is 14.3. The number of fused-ring (bicyclic) bond motifs is 1. The SMILES string of the molecule is OC[C@@H]1CCCN(Cc2c(C3CCNCC3)[nH]c3ncccc23)C1. The minimum absolute atomic E-state index is 0.313. The van der Waals surface area contributed by atoms with Crippen LogP contribution in [0.5, 0.6) is 0 Å². The predicted octanol–water partition coefficient (Wildman–Crippen LogP) is 2.23. The molecular weight excluding hydrogens is 300 g/mol. The number of hydrogen-bond acceptors (Lipinski definition) is 4. The molecule has 0 spiro atoms. The van der Waals surface area contributed by atoms with Gasteiger partial charge in [-0.15, -0.1) is 0 Å². The van der Waals surface area contributed by atoms with Crippen molar-refractivity contribution in [2.45, 2.75) is 38.1 Å². The molecule has 2 aliphatic rings. The smallest absolute Gasteiger partial charge is 0.137 e. The van der Waals surface area contributed by atoms with Gasteiger partial charge in [0.25, 0.3) is 0 Å². The molecule has 24 heavy (non-hydrogen) atoms. The number of likely N-dealkylation sites (tertiary alicyclic amines) is 1. The Labute approximate surface area is 143 Å². The van der Waals surface area contributed by atoms with Crippen LogP contribution < -0.4 is 5.32 Å². The minimum atomic E-state index is 0.313. The van der Waals surface area contributed by atoms with Crippen LogP contribution in [-0.2, 0) is 6.54 Å². The maximum Gasteiger partial charge on any atom is 0.137 e. The Balaban J connectivity index is 1.64. The lowest BCUT2D eigenvalue weighted by atomic mass is 9.91. The topological polar surface area (TPSA) is 64.2 Å². The fraction of sp³-hybridized carbons (Fsp3) is 0.632. The molecular formula is C19H28N4O. The highest BCUT2D eigenvalue weighted by molar-refractivity contribution is 5.81. The molecule has 0 aliphatic carbocycles. The first-order valence-electron chi connectivity index (χ1n) is 9.34. The number of pyridine rings is 1. The van der Waals surface area contributed by atoms with Crippen LogP contribution >= 0.6 is 0 Å². The van der Waals surface area contributed by atoms with Crippen molar-refractivity contribution < 1.29 is 5.11 Å². The molecule has 0 saturated carbocycles.